The van der Waals surface area contributed by atoms with Gasteiger partial charge in [-0.3, -0.25) is 4.79 Å². The number of carbonyl (C=O) groups is 2. The van der Waals surface area contributed by atoms with E-state index in [2.05, 4.69) is 20.3 Å². The number of anilines is 1. The van der Waals surface area contributed by atoms with Crippen LogP contribution in [0.25, 0.3) is 0 Å². The number of carboxylic acid groups (broad SMARTS) is 1. The Hall–Kier alpha value is -2.70. The molecule has 0 aliphatic carbocycles. The van der Waals surface area contributed by atoms with Gasteiger partial charge in [0.1, 0.15) is 11.6 Å². The van der Waals surface area contributed by atoms with Crippen LogP contribution in [0.3, 0.4) is 0 Å². The van der Waals surface area contributed by atoms with E-state index in [1.54, 1.807) is 18.2 Å². The number of nitrogens with zero attached hydrogens (tertiary/aromatic N) is 2. The Balaban J connectivity index is 2.36. The van der Waals surface area contributed by atoms with E-state index in [0.717, 1.165) is 0 Å². The number of pyridine rings is 1. The van der Waals surface area contributed by atoms with E-state index in [4.69, 9.17) is 0 Å². The summed E-state index contributed by atoms with van der Waals surface area (Å²) >= 11 is 0. The van der Waals surface area contributed by atoms with Crippen LogP contribution in [0.5, 0.6) is 0 Å². The third-order valence-electron chi connectivity index (χ3n) is 2.75. The number of H-pyrrole nitrogens is 1. The Morgan fingerprint density at radius 3 is 2.52 bits per heavy atom. The van der Waals surface area contributed by atoms with Crippen LogP contribution in [0.1, 0.15) is 47.6 Å². The molecule has 7 heteroatoms. The Bertz CT molecular complexity index is 671. The molecule has 7 nitrogen and oxygen atoms in total. The highest BCUT2D eigenvalue weighted by atomic mass is 16.4. The largest absolute Gasteiger partial charge is 0.477 e. The van der Waals surface area contributed by atoms with Gasteiger partial charge in [0.15, 0.2) is 11.4 Å². The number of hydrogen-bond acceptors (Lipinski definition) is 4. The molecule has 0 radical (unpaired) electrons. The molecule has 2 rings (SSSR count). The molecule has 3 N–H and O–H groups in total. The SMILES string of the molecule is CC(C)(C)c1nc(C(=O)Nc2ccccn2)c(C(=O)O)[nH]1. The van der Waals surface area contributed by atoms with Gasteiger partial charge in [-0.15, -0.1) is 0 Å². The lowest BCUT2D eigenvalue weighted by Gasteiger charge is -2.13. The number of amides is 1. The van der Waals surface area contributed by atoms with E-state index >= 15 is 0 Å². The van der Waals surface area contributed by atoms with Crippen molar-refractivity contribution in [3.05, 3.63) is 41.6 Å². The molecule has 1 amide bonds. The number of carbonyl (C=O) groups excluding carboxylic acids is 1. The molecule has 0 aliphatic rings. The van der Waals surface area contributed by atoms with Gasteiger partial charge in [-0.05, 0) is 12.1 Å². The Morgan fingerprint density at radius 2 is 2.00 bits per heavy atom. The molecule has 110 valence electrons. The summed E-state index contributed by atoms with van der Waals surface area (Å²) in [7, 11) is 0. The smallest absolute Gasteiger partial charge is 0.354 e. The van der Waals surface area contributed by atoms with Gasteiger partial charge in [-0.1, -0.05) is 26.8 Å². The molecule has 0 bridgehead atoms. The third-order valence-corrected chi connectivity index (χ3v) is 2.75. The fraction of sp³-hybridized carbons (Fsp3) is 0.286. The van der Waals surface area contributed by atoms with Crippen LogP contribution in [0.2, 0.25) is 0 Å². The molecule has 21 heavy (non-hydrogen) atoms. The van der Waals surface area contributed by atoms with Crippen LogP contribution in [-0.4, -0.2) is 31.9 Å². The Kier molecular flexibility index (Phi) is 3.75. The van der Waals surface area contributed by atoms with Gasteiger partial charge in [0, 0.05) is 11.6 Å². The first kappa shape index (κ1) is 14.7. The summed E-state index contributed by atoms with van der Waals surface area (Å²) in [5, 5.41) is 11.7. The quantitative estimate of drug-likeness (QED) is 0.801. The summed E-state index contributed by atoms with van der Waals surface area (Å²) in [5.74, 6) is -1.08. The van der Waals surface area contributed by atoms with Gasteiger partial charge in [0.25, 0.3) is 5.91 Å². The predicted molar refractivity (Wildman–Crippen MR) is 76.4 cm³/mol. The average Bonchev–Trinajstić information content (AvgIpc) is 2.85. The van der Waals surface area contributed by atoms with Gasteiger partial charge < -0.3 is 15.4 Å². The zero-order valence-electron chi connectivity index (χ0n) is 12.0. The van der Waals surface area contributed by atoms with Crippen LogP contribution < -0.4 is 5.32 Å². The number of aromatic carboxylic acids is 1. The molecule has 2 aromatic heterocycles. The number of nitrogens with one attached hydrogen (secondary N) is 2. The summed E-state index contributed by atoms with van der Waals surface area (Å²) < 4.78 is 0. The second-order valence-corrected chi connectivity index (χ2v) is 5.53. The molecule has 0 saturated heterocycles. The fourth-order valence-corrected chi connectivity index (χ4v) is 1.66. The minimum atomic E-state index is -1.23. The molecule has 0 aromatic carbocycles. The summed E-state index contributed by atoms with van der Waals surface area (Å²) in [6.07, 6.45) is 1.53. The van der Waals surface area contributed by atoms with Crippen molar-refractivity contribution < 1.29 is 14.7 Å². The van der Waals surface area contributed by atoms with Gasteiger partial charge >= 0.3 is 5.97 Å². The molecular formula is C14H16N4O3. The van der Waals surface area contributed by atoms with Gasteiger partial charge in [-0.2, -0.15) is 0 Å². The first-order chi connectivity index (χ1) is 9.79. The maximum atomic E-state index is 12.2. The number of aromatic nitrogens is 3. The van der Waals surface area contributed by atoms with Crippen molar-refractivity contribution in [2.75, 3.05) is 5.32 Å². The average molecular weight is 288 g/mol. The number of rotatable bonds is 3. The van der Waals surface area contributed by atoms with Gasteiger partial charge in [-0.25, -0.2) is 14.8 Å². The second kappa shape index (κ2) is 5.35. The molecular weight excluding hydrogens is 272 g/mol. The first-order valence-corrected chi connectivity index (χ1v) is 6.35. The molecule has 0 atom stereocenters. The Morgan fingerprint density at radius 1 is 1.29 bits per heavy atom. The lowest BCUT2D eigenvalue weighted by molar-refractivity contribution is 0.0686. The van der Waals surface area contributed by atoms with Crippen molar-refractivity contribution in [2.24, 2.45) is 0 Å². The number of carboxylic acids is 1. The highest BCUT2D eigenvalue weighted by molar-refractivity contribution is 6.08. The lowest BCUT2D eigenvalue weighted by Crippen LogP contribution is -2.17. The van der Waals surface area contributed by atoms with E-state index in [1.807, 2.05) is 20.8 Å². The third kappa shape index (κ3) is 3.25. The van der Waals surface area contributed by atoms with Crippen molar-refractivity contribution in [1.29, 1.82) is 0 Å². The number of hydrogen-bond donors (Lipinski definition) is 3. The first-order valence-electron chi connectivity index (χ1n) is 6.35. The molecule has 0 fully saturated rings. The van der Waals surface area contributed by atoms with Crippen LogP contribution in [0.4, 0.5) is 5.82 Å². The summed E-state index contributed by atoms with van der Waals surface area (Å²) in [6.45, 7) is 5.62. The van der Waals surface area contributed by atoms with Crippen LogP contribution in [0.15, 0.2) is 24.4 Å². The summed E-state index contributed by atoms with van der Waals surface area (Å²) in [6, 6.07) is 5.03. The summed E-state index contributed by atoms with van der Waals surface area (Å²) in [4.78, 5) is 34.2. The van der Waals surface area contributed by atoms with E-state index < -0.39 is 17.3 Å². The number of imidazole rings is 1. The van der Waals surface area contributed by atoms with Crippen LogP contribution in [-0.2, 0) is 5.41 Å². The van der Waals surface area contributed by atoms with E-state index in [-0.39, 0.29) is 11.4 Å². The molecule has 0 unspecified atom stereocenters. The summed E-state index contributed by atoms with van der Waals surface area (Å²) in [5.41, 5.74) is -0.778. The molecule has 0 spiro atoms. The van der Waals surface area contributed by atoms with E-state index in [9.17, 15) is 14.7 Å². The zero-order chi connectivity index (χ0) is 15.6. The van der Waals surface area contributed by atoms with Crippen molar-refractivity contribution in [1.82, 2.24) is 15.0 Å². The predicted octanol–water partition coefficient (Wildman–Crippen LogP) is 2.05. The molecule has 2 aromatic rings. The van der Waals surface area contributed by atoms with Gasteiger partial charge in [0.05, 0.1) is 0 Å². The van der Waals surface area contributed by atoms with E-state index in [0.29, 0.717) is 11.6 Å². The number of aromatic amines is 1. The minimum absolute atomic E-state index is 0.155. The lowest BCUT2D eigenvalue weighted by atomic mass is 9.96. The fourth-order valence-electron chi connectivity index (χ4n) is 1.66. The Labute approximate surface area is 121 Å². The van der Waals surface area contributed by atoms with Crippen molar-refractivity contribution in [3.8, 4) is 0 Å². The second-order valence-electron chi connectivity index (χ2n) is 5.53. The topological polar surface area (TPSA) is 108 Å². The molecule has 0 saturated carbocycles. The molecule has 0 aliphatic heterocycles. The van der Waals surface area contributed by atoms with Crippen molar-refractivity contribution in [3.63, 3.8) is 0 Å². The minimum Gasteiger partial charge on any atom is -0.477 e. The van der Waals surface area contributed by atoms with Gasteiger partial charge in [0.2, 0.25) is 0 Å². The maximum absolute atomic E-state index is 12.2. The standard InChI is InChI=1S/C14H16N4O3/c1-14(2,3)13-17-9(10(18-13)12(20)21)11(19)16-8-6-4-5-7-15-8/h4-7H,1-3H3,(H,17,18)(H,20,21)(H,15,16,19). The zero-order valence-corrected chi connectivity index (χ0v) is 12.0. The monoisotopic (exact) mass is 288 g/mol. The highest BCUT2D eigenvalue weighted by Crippen LogP contribution is 2.21. The maximum Gasteiger partial charge on any atom is 0.354 e. The normalized spacial score (nSPS) is 11.2. The van der Waals surface area contributed by atoms with Crippen molar-refractivity contribution >= 4 is 17.7 Å². The van der Waals surface area contributed by atoms with Crippen LogP contribution >= 0.6 is 0 Å². The van der Waals surface area contributed by atoms with Crippen molar-refractivity contribution in [2.45, 2.75) is 26.2 Å². The van der Waals surface area contributed by atoms with Crippen LogP contribution in [0, 0.1) is 0 Å². The highest BCUT2D eigenvalue weighted by Gasteiger charge is 2.27. The van der Waals surface area contributed by atoms with E-state index in [1.165, 1.54) is 6.20 Å². The molecule has 2 heterocycles.